The highest BCUT2D eigenvalue weighted by Gasteiger charge is 2.12. The molecule has 2 aromatic rings. The minimum absolute atomic E-state index is 0.0422. The van der Waals surface area contributed by atoms with Gasteiger partial charge in [-0.3, -0.25) is 9.59 Å². The number of carbonyl (C=O) groups is 2. The molecular formula is C15H11Cl3N2O3. The third kappa shape index (κ3) is 5.39. The lowest BCUT2D eigenvalue weighted by atomic mass is 10.2. The molecule has 0 unspecified atom stereocenters. The minimum atomic E-state index is -0.585. The lowest BCUT2D eigenvalue weighted by molar-refractivity contribution is -0.143. The smallest absolute Gasteiger partial charge is 0.325 e. The second kappa shape index (κ2) is 8.15. The molecule has 0 aliphatic heterocycles. The molecule has 5 nitrogen and oxygen atoms in total. The third-order valence-electron chi connectivity index (χ3n) is 2.76. The molecule has 23 heavy (non-hydrogen) atoms. The summed E-state index contributed by atoms with van der Waals surface area (Å²) in [5.41, 5.74) is 0.917. The third-order valence-corrected chi connectivity index (χ3v) is 3.53. The van der Waals surface area contributed by atoms with Gasteiger partial charge in [0.05, 0.1) is 10.6 Å². The summed E-state index contributed by atoms with van der Waals surface area (Å²) < 4.78 is 5.01. The second-order valence-electron chi connectivity index (χ2n) is 4.46. The molecular weight excluding hydrogens is 363 g/mol. The molecule has 1 aromatic heterocycles. The zero-order valence-electron chi connectivity index (χ0n) is 11.7. The summed E-state index contributed by atoms with van der Waals surface area (Å²) in [6, 6.07) is 7.74. The van der Waals surface area contributed by atoms with E-state index in [4.69, 9.17) is 39.5 Å². The van der Waals surface area contributed by atoms with Gasteiger partial charge in [0.15, 0.2) is 0 Å². The maximum absolute atomic E-state index is 11.9. The summed E-state index contributed by atoms with van der Waals surface area (Å²) in [6.07, 6.45) is 1.50. The molecule has 2 rings (SSSR count). The number of halogens is 3. The number of ether oxygens (including phenoxy) is 1. The number of hydrogen-bond acceptors (Lipinski definition) is 4. The van der Waals surface area contributed by atoms with E-state index in [2.05, 4.69) is 10.3 Å². The number of nitrogens with one attached hydrogen (secondary N) is 1. The van der Waals surface area contributed by atoms with Crippen LogP contribution in [0.15, 0.2) is 36.5 Å². The average molecular weight is 374 g/mol. The fraction of sp³-hybridized carbons (Fsp3) is 0.133. The predicted molar refractivity (Wildman–Crippen MR) is 87.8 cm³/mol. The number of hydrogen-bond donors (Lipinski definition) is 1. The Morgan fingerprint density at radius 1 is 1.13 bits per heavy atom. The van der Waals surface area contributed by atoms with Gasteiger partial charge in [0.1, 0.15) is 18.3 Å². The van der Waals surface area contributed by atoms with E-state index in [0.717, 1.165) is 0 Å². The summed E-state index contributed by atoms with van der Waals surface area (Å²) >= 11 is 17.3. The van der Waals surface area contributed by atoms with Gasteiger partial charge >= 0.3 is 5.97 Å². The van der Waals surface area contributed by atoms with Gasteiger partial charge in [0, 0.05) is 16.8 Å². The molecule has 0 spiro atoms. The Hall–Kier alpha value is -1.82. The molecule has 0 bridgehead atoms. The lowest BCUT2D eigenvalue weighted by Crippen LogP contribution is -2.30. The first kappa shape index (κ1) is 17.5. The van der Waals surface area contributed by atoms with E-state index in [-0.39, 0.29) is 23.7 Å². The topological polar surface area (TPSA) is 68.3 Å². The number of amides is 1. The van der Waals surface area contributed by atoms with Crippen LogP contribution in [0.5, 0.6) is 0 Å². The van der Waals surface area contributed by atoms with E-state index in [1.54, 1.807) is 12.1 Å². The standard InChI is InChI=1S/C15H11Cl3N2O3/c16-10-2-3-11(12(17)5-10)15(22)20-7-14(21)23-8-9-1-4-13(18)19-6-9/h1-6H,7-8H2,(H,20,22). The largest absolute Gasteiger partial charge is 0.459 e. The van der Waals surface area contributed by atoms with E-state index in [1.165, 1.54) is 24.4 Å². The van der Waals surface area contributed by atoms with Crippen molar-refractivity contribution in [2.24, 2.45) is 0 Å². The van der Waals surface area contributed by atoms with Gasteiger partial charge in [-0.05, 0) is 24.3 Å². The molecule has 0 fully saturated rings. The zero-order chi connectivity index (χ0) is 16.8. The Balaban J connectivity index is 1.81. The van der Waals surface area contributed by atoms with E-state index >= 15 is 0 Å². The molecule has 0 saturated heterocycles. The summed E-state index contributed by atoms with van der Waals surface area (Å²) in [5, 5.41) is 3.40. The van der Waals surface area contributed by atoms with Crippen LogP contribution in [0.3, 0.4) is 0 Å². The van der Waals surface area contributed by atoms with Crippen molar-refractivity contribution < 1.29 is 14.3 Å². The fourth-order valence-corrected chi connectivity index (χ4v) is 2.23. The summed E-state index contributed by atoms with van der Waals surface area (Å²) in [7, 11) is 0. The Bertz CT molecular complexity index is 720. The van der Waals surface area contributed by atoms with Gasteiger partial charge in [0.25, 0.3) is 5.91 Å². The number of benzene rings is 1. The first-order valence-electron chi connectivity index (χ1n) is 6.45. The van der Waals surface area contributed by atoms with E-state index in [0.29, 0.717) is 15.7 Å². The summed E-state index contributed by atoms with van der Waals surface area (Å²) in [5.74, 6) is -1.07. The number of nitrogens with zero attached hydrogens (tertiary/aromatic N) is 1. The van der Waals surface area contributed by atoms with Crippen molar-refractivity contribution in [2.75, 3.05) is 6.54 Å². The second-order valence-corrected chi connectivity index (χ2v) is 5.69. The van der Waals surface area contributed by atoms with Gasteiger partial charge in [-0.15, -0.1) is 0 Å². The normalized spacial score (nSPS) is 10.2. The van der Waals surface area contributed by atoms with Gasteiger partial charge in [0.2, 0.25) is 0 Å². The number of pyridine rings is 1. The highest BCUT2D eigenvalue weighted by molar-refractivity contribution is 6.36. The Morgan fingerprint density at radius 2 is 1.91 bits per heavy atom. The van der Waals surface area contributed by atoms with Crippen LogP contribution in [0.1, 0.15) is 15.9 Å². The summed E-state index contributed by atoms with van der Waals surface area (Å²) in [6.45, 7) is -0.237. The number of aromatic nitrogens is 1. The van der Waals surface area contributed by atoms with Crippen LogP contribution < -0.4 is 5.32 Å². The summed E-state index contributed by atoms with van der Waals surface area (Å²) in [4.78, 5) is 27.4. The number of esters is 1. The maximum Gasteiger partial charge on any atom is 0.325 e. The van der Waals surface area contributed by atoms with Crippen molar-refractivity contribution in [1.82, 2.24) is 10.3 Å². The van der Waals surface area contributed by atoms with Crippen molar-refractivity contribution in [3.05, 3.63) is 62.9 Å². The molecule has 8 heteroatoms. The van der Waals surface area contributed by atoms with Crippen LogP contribution in [-0.4, -0.2) is 23.4 Å². The van der Waals surface area contributed by atoms with Crippen molar-refractivity contribution in [1.29, 1.82) is 0 Å². The molecule has 1 amide bonds. The van der Waals surface area contributed by atoms with E-state index in [9.17, 15) is 9.59 Å². The molecule has 0 radical (unpaired) electrons. The SMILES string of the molecule is O=C(CNC(=O)c1ccc(Cl)cc1Cl)OCc1ccc(Cl)nc1. The molecule has 1 heterocycles. The van der Waals surface area contributed by atoms with Crippen molar-refractivity contribution in [3.8, 4) is 0 Å². The van der Waals surface area contributed by atoms with Gasteiger partial charge < -0.3 is 10.1 Å². The maximum atomic E-state index is 11.9. The quantitative estimate of drug-likeness (QED) is 0.643. The van der Waals surface area contributed by atoms with Crippen molar-refractivity contribution >= 4 is 46.7 Å². The molecule has 0 aliphatic rings. The fourth-order valence-electron chi connectivity index (χ4n) is 1.63. The van der Waals surface area contributed by atoms with Crippen LogP contribution in [0, 0.1) is 0 Å². The van der Waals surface area contributed by atoms with Gasteiger partial charge in [-0.1, -0.05) is 40.9 Å². The van der Waals surface area contributed by atoms with Crippen molar-refractivity contribution in [3.63, 3.8) is 0 Å². The van der Waals surface area contributed by atoms with Gasteiger partial charge in [-0.2, -0.15) is 0 Å². The van der Waals surface area contributed by atoms with Crippen LogP contribution in [-0.2, 0) is 16.1 Å². The highest BCUT2D eigenvalue weighted by Crippen LogP contribution is 2.20. The van der Waals surface area contributed by atoms with Crippen LogP contribution in [0.25, 0.3) is 0 Å². The molecule has 120 valence electrons. The van der Waals surface area contributed by atoms with Crippen LogP contribution >= 0.6 is 34.8 Å². The lowest BCUT2D eigenvalue weighted by Gasteiger charge is -2.08. The average Bonchev–Trinajstić information content (AvgIpc) is 2.52. The van der Waals surface area contributed by atoms with Crippen molar-refractivity contribution in [2.45, 2.75) is 6.61 Å². The molecule has 1 N–H and O–H groups in total. The molecule has 1 aromatic carbocycles. The highest BCUT2D eigenvalue weighted by atomic mass is 35.5. The van der Waals surface area contributed by atoms with Gasteiger partial charge in [-0.25, -0.2) is 4.98 Å². The molecule has 0 aliphatic carbocycles. The first-order chi connectivity index (χ1) is 11.0. The minimum Gasteiger partial charge on any atom is -0.459 e. The Morgan fingerprint density at radius 3 is 2.57 bits per heavy atom. The van der Waals surface area contributed by atoms with Crippen LogP contribution in [0.2, 0.25) is 15.2 Å². The van der Waals surface area contributed by atoms with E-state index < -0.39 is 11.9 Å². The number of carbonyl (C=O) groups excluding carboxylic acids is 2. The van der Waals surface area contributed by atoms with E-state index in [1.807, 2.05) is 0 Å². The van der Waals surface area contributed by atoms with Crippen LogP contribution in [0.4, 0.5) is 0 Å². The first-order valence-corrected chi connectivity index (χ1v) is 7.58. The number of rotatable bonds is 5. The zero-order valence-corrected chi connectivity index (χ0v) is 14.0. The predicted octanol–water partition coefficient (Wildman–Crippen LogP) is 3.52. The Kier molecular flexibility index (Phi) is 6.21. The molecule has 0 atom stereocenters. The molecule has 0 saturated carbocycles. The Labute approximate surface area is 147 Å². The monoisotopic (exact) mass is 372 g/mol.